The monoisotopic (exact) mass is 329 g/mol. The van der Waals surface area contributed by atoms with Crippen LogP contribution in [0.25, 0.3) is 10.8 Å². The van der Waals surface area contributed by atoms with Crippen LogP contribution in [0.2, 0.25) is 0 Å². The van der Waals surface area contributed by atoms with Crippen molar-refractivity contribution in [3.05, 3.63) is 48.0 Å². The number of ether oxygens (including phenoxy) is 1. The summed E-state index contributed by atoms with van der Waals surface area (Å²) in [6, 6.07) is 13.5. The second kappa shape index (κ2) is 7.30. The van der Waals surface area contributed by atoms with Crippen LogP contribution in [0.4, 0.5) is 0 Å². The maximum absolute atomic E-state index is 12.7. The number of fused-ring (bicyclic) bond motifs is 1. The summed E-state index contributed by atoms with van der Waals surface area (Å²) in [6.07, 6.45) is -1.66. The van der Waals surface area contributed by atoms with Crippen molar-refractivity contribution in [3.8, 4) is 0 Å². The van der Waals surface area contributed by atoms with E-state index in [4.69, 9.17) is 4.74 Å². The average molecular weight is 329 g/mol. The zero-order valence-corrected chi connectivity index (χ0v) is 13.8. The second-order valence-electron chi connectivity index (χ2n) is 6.20. The molecular weight excluding hydrogens is 306 g/mol. The minimum absolute atomic E-state index is 0.0745. The molecule has 3 rings (SSSR count). The lowest BCUT2D eigenvalue weighted by Gasteiger charge is -2.39. The van der Waals surface area contributed by atoms with E-state index in [1.54, 1.807) is 4.90 Å². The minimum Gasteiger partial charge on any atom is -0.388 e. The number of rotatable bonds is 4. The average Bonchev–Trinajstić information content (AvgIpc) is 2.59. The molecule has 0 bridgehead atoms. The fourth-order valence-electron chi connectivity index (χ4n) is 3.26. The number of hydrogen-bond acceptors (Lipinski definition) is 4. The first-order valence-corrected chi connectivity index (χ1v) is 8.31. The van der Waals surface area contributed by atoms with E-state index in [1.165, 1.54) is 0 Å². The number of aliphatic hydroxyl groups excluding tert-OH is 2. The molecule has 2 N–H and O–H groups in total. The van der Waals surface area contributed by atoms with Gasteiger partial charge >= 0.3 is 0 Å². The zero-order valence-electron chi connectivity index (χ0n) is 13.8. The summed E-state index contributed by atoms with van der Waals surface area (Å²) in [4.78, 5) is 14.3. The van der Waals surface area contributed by atoms with Gasteiger partial charge in [-0.05, 0) is 23.3 Å². The van der Waals surface area contributed by atoms with Gasteiger partial charge in [-0.15, -0.1) is 0 Å². The Morgan fingerprint density at radius 3 is 2.67 bits per heavy atom. The highest BCUT2D eigenvalue weighted by Gasteiger charge is 2.36. The van der Waals surface area contributed by atoms with Gasteiger partial charge in [-0.2, -0.15) is 0 Å². The third kappa shape index (κ3) is 3.43. The Morgan fingerprint density at radius 1 is 1.17 bits per heavy atom. The lowest BCUT2D eigenvalue weighted by atomic mass is 10.0. The van der Waals surface area contributed by atoms with Gasteiger partial charge in [-0.1, -0.05) is 42.5 Å². The van der Waals surface area contributed by atoms with E-state index in [0.29, 0.717) is 6.54 Å². The molecule has 2 aromatic rings. The molecule has 24 heavy (non-hydrogen) atoms. The van der Waals surface area contributed by atoms with Crippen LogP contribution >= 0.6 is 0 Å². The molecule has 1 amide bonds. The maximum Gasteiger partial charge on any atom is 0.227 e. The molecule has 1 heterocycles. The van der Waals surface area contributed by atoms with E-state index in [2.05, 4.69) is 0 Å². The summed E-state index contributed by atoms with van der Waals surface area (Å²) >= 11 is 0. The Morgan fingerprint density at radius 2 is 1.92 bits per heavy atom. The highest BCUT2D eigenvalue weighted by molar-refractivity contribution is 5.85. The van der Waals surface area contributed by atoms with Gasteiger partial charge in [0, 0.05) is 6.54 Å². The molecule has 1 aliphatic rings. The predicted octanol–water partition coefficient (Wildman–Crippen LogP) is 1.35. The Hall–Kier alpha value is -1.95. The number of nitrogens with zero attached hydrogens (tertiary/aromatic N) is 1. The summed E-state index contributed by atoms with van der Waals surface area (Å²) in [7, 11) is 0. The van der Waals surface area contributed by atoms with Gasteiger partial charge in [-0.25, -0.2) is 0 Å². The number of aliphatic hydroxyl groups is 2. The van der Waals surface area contributed by atoms with Crippen LogP contribution in [-0.2, 0) is 16.0 Å². The Labute approximate surface area is 141 Å². The number of carbonyl (C=O) groups is 1. The molecule has 5 nitrogen and oxygen atoms in total. The van der Waals surface area contributed by atoms with Gasteiger partial charge in [0.25, 0.3) is 0 Å². The Balaban J connectivity index is 1.75. The number of benzene rings is 2. The van der Waals surface area contributed by atoms with Crippen molar-refractivity contribution in [1.82, 2.24) is 4.90 Å². The molecule has 0 aliphatic carbocycles. The van der Waals surface area contributed by atoms with Crippen LogP contribution < -0.4 is 0 Å². The maximum atomic E-state index is 12.7. The van der Waals surface area contributed by atoms with Gasteiger partial charge in [0.1, 0.15) is 12.2 Å². The number of carbonyl (C=O) groups excluding carboxylic acids is 1. The van der Waals surface area contributed by atoms with Gasteiger partial charge in [0.15, 0.2) is 0 Å². The van der Waals surface area contributed by atoms with Crippen LogP contribution in [0.15, 0.2) is 42.5 Å². The third-order valence-electron chi connectivity index (χ3n) is 4.60. The summed E-state index contributed by atoms with van der Waals surface area (Å²) in [5.41, 5.74) is 0.934. The van der Waals surface area contributed by atoms with Crippen molar-refractivity contribution >= 4 is 16.7 Å². The lowest BCUT2D eigenvalue weighted by Crippen LogP contribution is -2.57. The highest BCUT2D eigenvalue weighted by Crippen LogP contribution is 2.19. The van der Waals surface area contributed by atoms with Crippen molar-refractivity contribution in [2.24, 2.45) is 0 Å². The molecule has 0 unspecified atom stereocenters. The van der Waals surface area contributed by atoms with E-state index in [9.17, 15) is 15.0 Å². The zero-order chi connectivity index (χ0) is 17.1. The summed E-state index contributed by atoms with van der Waals surface area (Å²) < 4.78 is 5.30. The van der Waals surface area contributed by atoms with Crippen molar-refractivity contribution < 1.29 is 19.7 Å². The van der Waals surface area contributed by atoms with Gasteiger partial charge in [0.05, 0.1) is 25.7 Å². The molecule has 3 atom stereocenters. The van der Waals surface area contributed by atoms with Gasteiger partial charge < -0.3 is 19.8 Å². The first-order chi connectivity index (χ1) is 11.6. The van der Waals surface area contributed by atoms with Gasteiger partial charge in [-0.3, -0.25) is 4.79 Å². The van der Waals surface area contributed by atoms with Crippen LogP contribution in [0.3, 0.4) is 0 Å². The fourth-order valence-corrected chi connectivity index (χ4v) is 3.26. The first-order valence-electron chi connectivity index (χ1n) is 8.31. The van der Waals surface area contributed by atoms with Crippen LogP contribution in [0.5, 0.6) is 0 Å². The van der Waals surface area contributed by atoms with Crippen molar-refractivity contribution in [1.29, 1.82) is 0 Å². The van der Waals surface area contributed by atoms with Gasteiger partial charge in [0.2, 0.25) is 5.91 Å². The first kappa shape index (κ1) is 16.9. The highest BCUT2D eigenvalue weighted by atomic mass is 16.5. The molecule has 1 aliphatic heterocycles. The number of likely N-dealkylation sites (N-methyl/N-ethyl adjacent to an activating group) is 1. The number of hydrogen-bond donors (Lipinski definition) is 2. The van der Waals surface area contributed by atoms with E-state index >= 15 is 0 Å². The molecule has 0 aromatic heterocycles. The van der Waals surface area contributed by atoms with Crippen LogP contribution in [0, 0.1) is 0 Å². The Bertz CT molecular complexity index is 717. The quantitative estimate of drug-likeness (QED) is 0.888. The molecule has 0 spiro atoms. The molecule has 5 heteroatoms. The summed E-state index contributed by atoms with van der Waals surface area (Å²) in [5, 5.41) is 22.2. The van der Waals surface area contributed by atoms with E-state index in [-0.39, 0.29) is 25.5 Å². The summed E-state index contributed by atoms with van der Waals surface area (Å²) in [6.45, 7) is 2.68. The van der Waals surface area contributed by atoms with Crippen LogP contribution in [-0.4, -0.2) is 59.0 Å². The third-order valence-corrected chi connectivity index (χ3v) is 4.60. The standard InChI is InChI=1S/C19H23NO4/c1-2-20(16-11-24-12-17(21)19(16)23)18(22)10-13-7-8-14-5-3-4-6-15(14)9-13/h3-9,16-17,19,21,23H,2,10-12H2,1H3/t16-,17-,19+/m1/s1. The van der Waals surface area contributed by atoms with Crippen LogP contribution in [0.1, 0.15) is 12.5 Å². The Kier molecular flexibility index (Phi) is 5.14. The SMILES string of the molecule is CCN(C(=O)Cc1ccc2ccccc2c1)[C@@H]1COC[C@@H](O)[C@H]1O. The molecule has 128 valence electrons. The van der Waals surface area contributed by atoms with Crippen molar-refractivity contribution in [2.75, 3.05) is 19.8 Å². The number of amides is 1. The van der Waals surface area contributed by atoms with Crippen molar-refractivity contribution in [2.45, 2.75) is 31.6 Å². The normalized spacial score (nSPS) is 24.0. The topological polar surface area (TPSA) is 70.0 Å². The van der Waals surface area contributed by atoms with E-state index in [0.717, 1.165) is 16.3 Å². The van der Waals surface area contributed by atoms with E-state index in [1.807, 2.05) is 49.4 Å². The smallest absolute Gasteiger partial charge is 0.227 e. The molecule has 1 saturated heterocycles. The fraction of sp³-hybridized carbons (Fsp3) is 0.421. The summed E-state index contributed by atoms with van der Waals surface area (Å²) in [5.74, 6) is -0.0745. The van der Waals surface area contributed by atoms with E-state index < -0.39 is 18.2 Å². The predicted molar refractivity (Wildman–Crippen MR) is 91.7 cm³/mol. The second-order valence-corrected chi connectivity index (χ2v) is 6.20. The molecule has 1 fully saturated rings. The molecule has 0 radical (unpaired) electrons. The lowest BCUT2D eigenvalue weighted by molar-refractivity contribution is -0.155. The molecule has 2 aromatic carbocycles. The molecular formula is C19H23NO4. The molecule has 0 saturated carbocycles. The minimum atomic E-state index is -0.973. The van der Waals surface area contributed by atoms with Crippen molar-refractivity contribution in [3.63, 3.8) is 0 Å². The largest absolute Gasteiger partial charge is 0.388 e.